The Bertz CT molecular complexity index is 529. The van der Waals surface area contributed by atoms with E-state index in [1.54, 1.807) is 0 Å². The number of rotatable bonds is 1. The standard InChI is InChI=1S/C14H20N2O/c1-13(2,3)9-6-7-11-10(8-9)16-12(17-11)14(4,5)15/h6-8H,15H2,1-5H3. The first kappa shape index (κ1) is 12.1. The van der Waals surface area contributed by atoms with Crippen molar-refractivity contribution in [3.8, 4) is 0 Å². The number of hydrogen-bond donors (Lipinski definition) is 1. The number of benzene rings is 1. The normalized spacial score (nSPS) is 13.3. The average molecular weight is 232 g/mol. The predicted octanol–water partition coefficient (Wildman–Crippen LogP) is 3.32. The lowest BCUT2D eigenvalue weighted by atomic mass is 9.87. The van der Waals surface area contributed by atoms with Crippen molar-refractivity contribution in [2.24, 2.45) is 5.73 Å². The van der Waals surface area contributed by atoms with E-state index in [4.69, 9.17) is 10.2 Å². The molecule has 0 saturated carbocycles. The molecule has 1 heterocycles. The number of nitrogens with zero attached hydrogens (tertiary/aromatic N) is 1. The van der Waals surface area contributed by atoms with Gasteiger partial charge in [-0.1, -0.05) is 26.8 Å². The van der Waals surface area contributed by atoms with Crippen molar-refractivity contribution < 1.29 is 4.42 Å². The molecule has 92 valence electrons. The van der Waals surface area contributed by atoms with Gasteiger partial charge in [-0.25, -0.2) is 4.98 Å². The van der Waals surface area contributed by atoms with Crippen LogP contribution in [0.5, 0.6) is 0 Å². The van der Waals surface area contributed by atoms with Crippen LogP contribution in [-0.2, 0) is 11.0 Å². The van der Waals surface area contributed by atoms with Crippen LogP contribution in [0.25, 0.3) is 11.1 Å². The second kappa shape index (κ2) is 3.57. The van der Waals surface area contributed by atoms with Crippen LogP contribution in [0.2, 0.25) is 0 Å². The molecule has 1 aromatic heterocycles. The molecule has 0 unspecified atom stereocenters. The zero-order chi connectivity index (χ0) is 12.8. The molecule has 17 heavy (non-hydrogen) atoms. The van der Waals surface area contributed by atoms with Crippen molar-refractivity contribution >= 4 is 11.1 Å². The Kier molecular flexibility index (Phi) is 2.54. The van der Waals surface area contributed by atoms with Crippen molar-refractivity contribution in [2.75, 3.05) is 0 Å². The molecule has 0 aliphatic rings. The number of fused-ring (bicyclic) bond motifs is 1. The lowest BCUT2D eigenvalue weighted by Crippen LogP contribution is -2.28. The Morgan fingerprint density at radius 3 is 2.29 bits per heavy atom. The van der Waals surface area contributed by atoms with Gasteiger partial charge in [0.05, 0.1) is 5.54 Å². The maximum atomic E-state index is 5.99. The Hall–Kier alpha value is -1.35. The summed E-state index contributed by atoms with van der Waals surface area (Å²) in [7, 11) is 0. The third kappa shape index (κ3) is 2.34. The molecule has 3 heteroatoms. The summed E-state index contributed by atoms with van der Waals surface area (Å²) >= 11 is 0. The Labute approximate surface area is 102 Å². The molecule has 2 aromatic rings. The molecule has 0 aliphatic heterocycles. The van der Waals surface area contributed by atoms with Crippen LogP contribution < -0.4 is 5.73 Å². The van der Waals surface area contributed by atoms with E-state index in [9.17, 15) is 0 Å². The maximum absolute atomic E-state index is 5.99. The van der Waals surface area contributed by atoms with Crippen LogP contribution in [-0.4, -0.2) is 4.98 Å². The molecule has 1 aromatic carbocycles. The van der Waals surface area contributed by atoms with Crippen LogP contribution in [0.4, 0.5) is 0 Å². The topological polar surface area (TPSA) is 52.0 Å². The van der Waals surface area contributed by atoms with E-state index in [0.717, 1.165) is 11.1 Å². The molecule has 3 nitrogen and oxygen atoms in total. The van der Waals surface area contributed by atoms with E-state index < -0.39 is 5.54 Å². The first-order valence-corrected chi connectivity index (χ1v) is 5.88. The average Bonchev–Trinajstić information content (AvgIpc) is 2.57. The molecule has 0 saturated heterocycles. The molecular formula is C14H20N2O. The minimum absolute atomic E-state index is 0.117. The monoisotopic (exact) mass is 232 g/mol. The van der Waals surface area contributed by atoms with Crippen molar-refractivity contribution in [2.45, 2.75) is 45.6 Å². The van der Waals surface area contributed by atoms with Gasteiger partial charge in [0.1, 0.15) is 5.52 Å². The minimum Gasteiger partial charge on any atom is -0.439 e. The summed E-state index contributed by atoms with van der Waals surface area (Å²) in [5.74, 6) is 0.582. The highest BCUT2D eigenvalue weighted by Crippen LogP contribution is 2.28. The van der Waals surface area contributed by atoms with Gasteiger partial charge in [-0.3, -0.25) is 0 Å². The number of oxazole rings is 1. The quantitative estimate of drug-likeness (QED) is 0.820. The lowest BCUT2D eigenvalue weighted by molar-refractivity contribution is 0.394. The SMILES string of the molecule is CC(C)(C)c1ccc2oc(C(C)(C)N)nc2c1. The lowest BCUT2D eigenvalue weighted by Gasteiger charge is -2.18. The van der Waals surface area contributed by atoms with Crippen LogP contribution in [0.1, 0.15) is 46.1 Å². The third-order valence-electron chi connectivity index (χ3n) is 2.80. The molecule has 2 N–H and O–H groups in total. The van der Waals surface area contributed by atoms with Crippen molar-refractivity contribution in [3.05, 3.63) is 29.7 Å². The van der Waals surface area contributed by atoms with Gasteiger partial charge in [-0.2, -0.15) is 0 Å². The maximum Gasteiger partial charge on any atom is 0.215 e. The fourth-order valence-corrected chi connectivity index (χ4v) is 1.67. The highest BCUT2D eigenvalue weighted by atomic mass is 16.3. The second-order valence-electron chi connectivity index (χ2n) is 6.17. The number of nitrogens with two attached hydrogens (primary N) is 1. The molecule has 0 bridgehead atoms. The van der Waals surface area contributed by atoms with Crippen LogP contribution >= 0.6 is 0 Å². The number of hydrogen-bond acceptors (Lipinski definition) is 3. The summed E-state index contributed by atoms with van der Waals surface area (Å²) in [5.41, 5.74) is 8.49. The zero-order valence-electron chi connectivity index (χ0n) is 11.2. The van der Waals surface area contributed by atoms with E-state index in [0.29, 0.717) is 5.89 Å². The minimum atomic E-state index is -0.541. The van der Waals surface area contributed by atoms with E-state index in [1.807, 2.05) is 19.9 Å². The molecule has 0 fully saturated rings. The second-order valence-corrected chi connectivity index (χ2v) is 6.17. The number of aromatic nitrogens is 1. The Morgan fingerprint density at radius 2 is 1.76 bits per heavy atom. The van der Waals surface area contributed by atoms with Gasteiger partial charge in [0.25, 0.3) is 0 Å². The summed E-state index contributed by atoms with van der Waals surface area (Å²) in [6.07, 6.45) is 0. The molecule has 2 rings (SSSR count). The van der Waals surface area contributed by atoms with E-state index in [2.05, 4.69) is 37.9 Å². The molecular weight excluding hydrogens is 212 g/mol. The van der Waals surface area contributed by atoms with Crippen LogP contribution in [0, 0.1) is 0 Å². The van der Waals surface area contributed by atoms with E-state index in [-0.39, 0.29) is 5.41 Å². The molecule has 0 aliphatic carbocycles. The fraction of sp³-hybridized carbons (Fsp3) is 0.500. The van der Waals surface area contributed by atoms with Crippen molar-refractivity contribution in [3.63, 3.8) is 0 Å². The van der Waals surface area contributed by atoms with Crippen molar-refractivity contribution in [1.82, 2.24) is 4.98 Å². The Balaban J connectivity index is 2.56. The summed E-state index contributed by atoms with van der Waals surface area (Å²) < 4.78 is 5.66. The Morgan fingerprint density at radius 1 is 1.12 bits per heavy atom. The van der Waals surface area contributed by atoms with E-state index >= 15 is 0 Å². The summed E-state index contributed by atoms with van der Waals surface area (Å²) in [5, 5.41) is 0. The molecule has 0 radical (unpaired) electrons. The van der Waals surface area contributed by atoms with Crippen LogP contribution in [0.15, 0.2) is 22.6 Å². The molecule has 0 spiro atoms. The summed E-state index contributed by atoms with van der Waals surface area (Å²) in [6.45, 7) is 10.3. The smallest absolute Gasteiger partial charge is 0.215 e. The third-order valence-corrected chi connectivity index (χ3v) is 2.80. The highest BCUT2D eigenvalue weighted by Gasteiger charge is 2.22. The fourth-order valence-electron chi connectivity index (χ4n) is 1.67. The van der Waals surface area contributed by atoms with Gasteiger partial charge in [0.2, 0.25) is 5.89 Å². The molecule has 0 amide bonds. The molecule has 0 atom stereocenters. The zero-order valence-corrected chi connectivity index (χ0v) is 11.2. The highest BCUT2D eigenvalue weighted by molar-refractivity contribution is 5.74. The van der Waals surface area contributed by atoms with Gasteiger partial charge in [-0.15, -0.1) is 0 Å². The first-order chi connectivity index (χ1) is 7.68. The summed E-state index contributed by atoms with van der Waals surface area (Å²) in [6, 6.07) is 6.13. The van der Waals surface area contributed by atoms with Gasteiger partial charge < -0.3 is 10.2 Å². The van der Waals surface area contributed by atoms with Gasteiger partial charge >= 0.3 is 0 Å². The van der Waals surface area contributed by atoms with Gasteiger partial charge in [-0.05, 0) is 37.0 Å². The summed E-state index contributed by atoms with van der Waals surface area (Å²) in [4.78, 5) is 4.47. The largest absolute Gasteiger partial charge is 0.439 e. The van der Waals surface area contributed by atoms with E-state index in [1.165, 1.54) is 5.56 Å². The van der Waals surface area contributed by atoms with Gasteiger partial charge in [0.15, 0.2) is 5.58 Å². The van der Waals surface area contributed by atoms with Crippen molar-refractivity contribution in [1.29, 1.82) is 0 Å². The predicted molar refractivity (Wildman–Crippen MR) is 69.9 cm³/mol. The van der Waals surface area contributed by atoms with Crippen LogP contribution in [0.3, 0.4) is 0 Å². The van der Waals surface area contributed by atoms with Gasteiger partial charge in [0, 0.05) is 0 Å². The first-order valence-electron chi connectivity index (χ1n) is 5.88.